The van der Waals surface area contributed by atoms with Gasteiger partial charge in [0, 0.05) is 50.1 Å². The highest BCUT2D eigenvalue weighted by atomic mass is 32.1. The van der Waals surface area contributed by atoms with Crippen molar-refractivity contribution in [2.75, 3.05) is 39.8 Å². The second kappa shape index (κ2) is 10.6. The number of nitrogens with zero attached hydrogens (tertiary/aromatic N) is 2. The van der Waals surface area contributed by atoms with Gasteiger partial charge in [-0.15, -0.1) is 11.3 Å². The van der Waals surface area contributed by atoms with Crippen molar-refractivity contribution in [2.24, 2.45) is 0 Å². The predicted octanol–water partition coefficient (Wildman–Crippen LogP) is 3.57. The zero-order valence-electron chi connectivity index (χ0n) is 16.3. The van der Waals surface area contributed by atoms with Crippen LogP contribution in [0.15, 0.2) is 47.8 Å². The molecule has 0 spiro atoms. The Kier molecular flexibility index (Phi) is 7.87. The zero-order valence-corrected chi connectivity index (χ0v) is 17.1. The molecule has 5 heteroatoms. The van der Waals surface area contributed by atoms with E-state index in [4.69, 9.17) is 0 Å². The highest BCUT2D eigenvalue weighted by Gasteiger charge is 2.25. The Morgan fingerprint density at radius 2 is 2.00 bits per heavy atom. The average Bonchev–Trinajstić information content (AvgIpc) is 3.20. The van der Waals surface area contributed by atoms with Gasteiger partial charge in [-0.2, -0.15) is 0 Å². The van der Waals surface area contributed by atoms with Crippen LogP contribution in [0.3, 0.4) is 0 Å². The van der Waals surface area contributed by atoms with Crippen molar-refractivity contribution in [1.29, 1.82) is 0 Å². The number of aryl methyl sites for hydroxylation is 1. The summed E-state index contributed by atoms with van der Waals surface area (Å²) in [6.45, 7) is 5.07. The Balaban J connectivity index is 1.36. The fourth-order valence-electron chi connectivity index (χ4n) is 3.69. The number of thiophene rings is 1. The van der Waals surface area contributed by atoms with Crippen LogP contribution in [-0.4, -0.2) is 55.5 Å². The van der Waals surface area contributed by atoms with Crippen molar-refractivity contribution in [3.8, 4) is 0 Å². The van der Waals surface area contributed by atoms with Crippen molar-refractivity contribution in [1.82, 2.24) is 15.1 Å². The Hall–Kier alpha value is -1.69. The van der Waals surface area contributed by atoms with Crippen LogP contribution in [0, 0.1) is 0 Å². The van der Waals surface area contributed by atoms with Gasteiger partial charge in [-0.3, -0.25) is 9.69 Å². The molecular formula is C22H31N3OS. The SMILES string of the molecule is CN1CCN(CCCNC(=O)CCCc2cccs2)C(c2ccccc2)C1. The number of hydrogen-bond acceptors (Lipinski definition) is 4. The zero-order chi connectivity index (χ0) is 18.9. The van der Waals surface area contributed by atoms with Crippen LogP contribution in [0.1, 0.15) is 35.7 Å². The van der Waals surface area contributed by atoms with Crippen LogP contribution in [0.25, 0.3) is 0 Å². The molecular weight excluding hydrogens is 354 g/mol. The van der Waals surface area contributed by atoms with E-state index in [1.165, 1.54) is 10.4 Å². The largest absolute Gasteiger partial charge is 0.356 e. The lowest BCUT2D eigenvalue weighted by Gasteiger charge is -2.40. The van der Waals surface area contributed by atoms with Gasteiger partial charge in [0.15, 0.2) is 0 Å². The third kappa shape index (κ3) is 6.45. The summed E-state index contributed by atoms with van der Waals surface area (Å²) in [6, 6.07) is 15.4. The number of piperazine rings is 1. The van der Waals surface area contributed by atoms with E-state index in [-0.39, 0.29) is 5.91 Å². The van der Waals surface area contributed by atoms with Crippen LogP contribution < -0.4 is 5.32 Å². The molecule has 4 nitrogen and oxygen atoms in total. The number of amides is 1. The lowest BCUT2D eigenvalue weighted by atomic mass is 10.0. The molecule has 1 aromatic carbocycles. The van der Waals surface area contributed by atoms with E-state index in [1.54, 1.807) is 11.3 Å². The molecule has 0 aliphatic carbocycles. The fraction of sp³-hybridized carbons (Fsp3) is 0.500. The highest BCUT2D eigenvalue weighted by molar-refractivity contribution is 7.09. The Bertz CT molecular complexity index is 674. The molecule has 1 unspecified atom stereocenters. The number of rotatable bonds is 9. The maximum Gasteiger partial charge on any atom is 0.220 e. The minimum Gasteiger partial charge on any atom is -0.356 e. The fourth-order valence-corrected chi connectivity index (χ4v) is 4.44. The number of likely N-dealkylation sites (N-methyl/N-ethyl adjacent to an activating group) is 1. The van der Waals surface area contributed by atoms with Crippen LogP contribution in [-0.2, 0) is 11.2 Å². The molecule has 2 heterocycles. The minimum absolute atomic E-state index is 0.185. The van der Waals surface area contributed by atoms with Crippen LogP contribution in [0.5, 0.6) is 0 Å². The molecule has 27 heavy (non-hydrogen) atoms. The number of hydrogen-bond donors (Lipinski definition) is 1. The van der Waals surface area contributed by atoms with E-state index >= 15 is 0 Å². The van der Waals surface area contributed by atoms with E-state index in [0.717, 1.165) is 52.0 Å². The lowest BCUT2D eigenvalue weighted by molar-refractivity contribution is -0.121. The van der Waals surface area contributed by atoms with Gasteiger partial charge in [-0.25, -0.2) is 0 Å². The maximum atomic E-state index is 12.0. The number of carbonyl (C=O) groups excluding carboxylic acids is 1. The van der Waals surface area contributed by atoms with E-state index in [1.807, 2.05) is 0 Å². The molecule has 146 valence electrons. The summed E-state index contributed by atoms with van der Waals surface area (Å²) in [6.07, 6.45) is 3.56. The molecule has 1 aliphatic heterocycles. The quantitative estimate of drug-likeness (QED) is 0.671. The van der Waals surface area contributed by atoms with Crippen molar-refractivity contribution in [3.63, 3.8) is 0 Å². The Morgan fingerprint density at radius 3 is 2.78 bits per heavy atom. The summed E-state index contributed by atoms with van der Waals surface area (Å²) in [7, 11) is 2.20. The van der Waals surface area contributed by atoms with Crippen molar-refractivity contribution in [3.05, 3.63) is 58.3 Å². The Labute approximate surface area is 167 Å². The molecule has 3 rings (SSSR count). The first-order valence-corrected chi connectivity index (χ1v) is 10.9. The first-order valence-electron chi connectivity index (χ1n) is 9.99. The third-order valence-corrected chi connectivity index (χ3v) is 6.17. The van der Waals surface area contributed by atoms with Gasteiger partial charge in [-0.1, -0.05) is 36.4 Å². The molecule has 0 radical (unpaired) electrons. The topological polar surface area (TPSA) is 35.6 Å². The first kappa shape index (κ1) is 20.1. The molecule has 1 fully saturated rings. The highest BCUT2D eigenvalue weighted by Crippen LogP contribution is 2.24. The van der Waals surface area contributed by atoms with Gasteiger partial charge in [0.2, 0.25) is 5.91 Å². The predicted molar refractivity (Wildman–Crippen MR) is 113 cm³/mol. The summed E-state index contributed by atoms with van der Waals surface area (Å²) < 4.78 is 0. The van der Waals surface area contributed by atoms with Gasteiger partial charge in [0.1, 0.15) is 0 Å². The molecule has 1 atom stereocenters. The second-order valence-electron chi connectivity index (χ2n) is 7.36. The van der Waals surface area contributed by atoms with E-state index in [9.17, 15) is 4.79 Å². The maximum absolute atomic E-state index is 12.0. The first-order chi connectivity index (χ1) is 13.2. The molecule has 1 N–H and O–H groups in total. The average molecular weight is 386 g/mol. The standard InChI is InChI=1S/C22H31N3OS/c1-24-15-16-25(21(18-24)19-8-3-2-4-9-19)14-7-13-23-22(26)12-5-10-20-11-6-17-27-20/h2-4,6,8-9,11,17,21H,5,7,10,12-16,18H2,1H3,(H,23,26). The van der Waals surface area contributed by atoms with Crippen molar-refractivity contribution >= 4 is 17.2 Å². The Morgan fingerprint density at radius 1 is 1.15 bits per heavy atom. The van der Waals surface area contributed by atoms with Gasteiger partial charge >= 0.3 is 0 Å². The molecule has 1 aliphatic rings. The molecule has 2 aromatic rings. The van der Waals surface area contributed by atoms with E-state index in [2.05, 4.69) is 70.0 Å². The van der Waals surface area contributed by atoms with Crippen LogP contribution in [0.4, 0.5) is 0 Å². The van der Waals surface area contributed by atoms with Crippen LogP contribution >= 0.6 is 11.3 Å². The summed E-state index contributed by atoms with van der Waals surface area (Å²) in [4.78, 5) is 18.4. The summed E-state index contributed by atoms with van der Waals surface area (Å²) in [5, 5.41) is 5.19. The van der Waals surface area contributed by atoms with Gasteiger partial charge in [-0.05, 0) is 43.3 Å². The number of nitrogens with one attached hydrogen (secondary N) is 1. The number of benzene rings is 1. The summed E-state index contributed by atoms with van der Waals surface area (Å²) in [5.74, 6) is 0.185. The molecule has 1 amide bonds. The number of carbonyl (C=O) groups is 1. The van der Waals surface area contributed by atoms with Crippen LogP contribution in [0.2, 0.25) is 0 Å². The summed E-state index contributed by atoms with van der Waals surface area (Å²) >= 11 is 1.77. The molecule has 0 saturated carbocycles. The second-order valence-corrected chi connectivity index (χ2v) is 8.39. The van der Waals surface area contributed by atoms with E-state index < -0.39 is 0 Å². The summed E-state index contributed by atoms with van der Waals surface area (Å²) in [5.41, 5.74) is 1.39. The van der Waals surface area contributed by atoms with Gasteiger partial charge < -0.3 is 10.2 Å². The normalized spacial score (nSPS) is 18.5. The van der Waals surface area contributed by atoms with Crippen molar-refractivity contribution in [2.45, 2.75) is 31.7 Å². The third-order valence-electron chi connectivity index (χ3n) is 5.23. The van der Waals surface area contributed by atoms with Crippen molar-refractivity contribution < 1.29 is 4.79 Å². The molecule has 1 saturated heterocycles. The lowest BCUT2D eigenvalue weighted by Crippen LogP contribution is -2.47. The van der Waals surface area contributed by atoms with Gasteiger partial charge in [0.25, 0.3) is 0 Å². The smallest absolute Gasteiger partial charge is 0.220 e. The molecule has 1 aromatic heterocycles. The minimum atomic E-state index is 0.185. The molecule has 0 bridgehead atoms. The van der Waals surface area contributed by atoms with Gasteiger partial charge in [0.05, 0.1) is 0 Å². The monoisotopic (exact) mass is 385 g/mol. The van der Waals surface area contributed by atoms with E-state index in [0.29, 0.717) is 12.5 Å².